The van der Waals surface area contributed by atoms with Gasteiger partial charge in [-0.3, -0.25) is 4.79 Å². The van der Waals surface area contributed by atoms with Crippen molar-refractivity contribution < 1.29 is 19.1 Å². The van der Waals surface area contributed by atoms with E-state index in [1.165, 1.54) is 24.6 Å². The Labute approximate surface area is 151 Å². The summed E-state index contributed by atoms with van der Waals surface area (Å²) in [6.07, 6.45) is 2.23. The molecule has 0 bridgehead atoms. The van der Waals surface area contributed by atoms with Crippen LogP contribution in [0.2, 0.25) is 0 Å². The van der Waals surface area contributed by atoms with E-state index in [2.05, 4.69) is 17.1 Å². The number of aromatic carboxylic acids is 1. The normalized spacial score (nSPS) is 17.0. The van der Waals surface area contributed by atoms with Crippen molar-refractivity contribution in [3.63, 3.8) is 0 Å². The van der Waals surface area contributed by atoms with Crippen LogP contribution in [0.3, 0.4) is 0 Å². The summed E-state index contributed by atoms with van der Waals surface area (Å²) < 4.78 is 13.8. The third-order valence-electron chi connectivity index (χ3n) is 4.62. The van der Waals surface area contributed by atoms with Crippen LogP contribution in [0.15, 0.2) is 42.5 Å². The molecule has 6 heteroatoms. The van der Waals surface area contributed by atoms with Crippen LogP contribution in [0, 0.1) is 11.7 Å². The summed E-state index contributed by atoms with van der Waals surface area (Å²) in [7, 11) is 0. The molecule has 0 aromatic heterocycles. The third kappa shape index (κ3) is 3.85. The van der Waals surface area contributed by atoms with Crippen LogP contribution < -0.4 is 10.2 Å². The first kappa shape index (κ1) is 17.9. The number of carboxylic acids is 1. The van der Waals surface area contributed by atoms with Crippen molar-refractivity contribution in [3.05, 3.63) is 59.4 Å². The number of hydrogen-bond donors (Lipinski definition) is 2. The summed E-state index contributed by atoms with van der Waals surface area (Å²) in [5.41, 5.74) is 0.834. The lowest BCUT2D eigenvalue weighted by Gasteiger charge is -2.33. The Hall–Kier alpha value is -2.89. The van der Waals surface area contributed by atoms with Crippen molar-refractivity contribution in [2.45, 2.75) is 19.8 Å². The molecule has 26 heavy (non-hydrogen) atoms. The fourth-order valence-corrected chi connectivity index (χ4v) is 3.27. The molecule has 2 aromatic rings. The molecule has 1 amide bonds. The Morgan fingerprint density at radius 2 is 1.96 bits per heavy atom. The maximum atomic E-state index is 13.8. The molecule has 1 aliphatic heterocycles. The second-order valence-electron chi connectivity index (χ2n) is 6.66. The number of anilines is 2. The van der Waals surface area contributed by atoms with E-state index >= 15 is 0 Å². The highest BCUT2D eigenvalue weighted by Crippen LogP contribution is 2.28. The van der Waals surface area contributed by atoms with Gasteiger partial charge >= 0.3 is 5.97 Å². The fourth-order valence-electron chi connectivity index (χ4n) is 3.27. The summed E-state index contributed by atoms with van der Waals surface area (Å²) in [6.45, 7) is 3.93. The number of carbonyl (C=O) groups is 2. The van der Waals surface area contributed by atoms with Crippen LogP contribution in [-0.4, -0.2) is 30.1 Å². The molecule has 1 saturated heterocycles. The molecule has 2 N–H and O–H groups in total. The van der Waals surface area contributed by atoms with Gasteiger partial charge < -0.3 is 15.3 Å². The average Bonchev–Trinajstić information content (AvgIpc) is 2.62. The van der Waals surface area contributed by atoms with Crippen molar-refractivity contribution in [2.24, 2.45) is 5.92 Å². The van der Waals surface area contributed by atoms with Crippen molar-refractivity contribution in [3.8, 4) is 0 Å². The van der Waals surface area contributed by atoms with E-state index < -0.39 is 17.7 Å². The second kappa shape index (κ2) is 7.56. The summed E-state index contributed by atoms with van der Waals surface area (Å²) in [6, 6.07) is 10.5. The molecule has 0 aliphatic carbocycles. The van der Waals surface area contributed by atoms with Crippen LogP contribution in [0.1, 0.15) is 40.5 Å². The first-order chi connectivity index (χ1) is 12.5. The van der Waals surface area contributed by atoms with Crippen molar-refractivity contribution in [2.75, 3.05) is 23.3 Å². The van der Waals surface area contributed by atoms with Crippen molar-refractivity contribution in [1.82, 2.24) is 0 Å². The number of nitrogens with one attached hydrogen (secondary N) is 1. The Morgan fingerprint density at radius 3 is 2.65 bits per heavy atom. The largest absolute Gasteiger partial charge is 0.478 e. The third-order valence-corrected chi connectivity index (χ3v) is 4.62. The van der Waals surface area contributed by atoms with Gasteiger partial charge in [-0.2, -0.15) is 0 Å². The molecular formula is C20H21FN2O3. The molecule has 3 rings (SSSR count). The van der Waals surface area contributed by atoms with Gasteiger partial charge in [0.25, 0.3) is 5.91 Å². The second-order valence-corrected chi connectivity index (χ2v) is 6.66. The van der Waals surface area contributed by atoms with E-state index in [9.17, 15) is 19.1 Å². The molecule has 0 unspecified atom stereocenters. The summed E-state index contributed by atoms with van der Waals surface area (Å²) >= 11 is 0. The minimum Gasteiger partial charge on any atom is -0.478 e. The highest BCUT2D eigenvalue weighted by atomic mass is 19.1. The topological polar surface area (TPSA) is 69.6 Å². The zero-order chi connectivity index (χ0) is 18.7. The van der Waals surface area contributed by atoms with Gasteiger partial charge in [-0.25, -0.2) is 9.18 Å². The van der Waals surface area contributed by atoms with Gasteiger partial charge in [-0.1, -0.05) is 19.1 Å². The average molecular weight is 356 g/mol. The predicted octanol–water partition coefficient (Wildman–Crippen LogP) is 4.01. The lowest BCUT2D eigenvalue weighted by Crippen LogP contribution is -2.34. The number of benzene rings is 2. The van der Waals surface area contributed by atoms with E-state index in [0.717, 1.165) is 25.2 Å². The number of rotatable bonds is 4. The predicted molar refractivity (Wildman–Crippen MR) is 98.4 cm³/mol. The SMILES string of the molecule is C[C@@H]1CCCN(c2ccc(NC(=O)c3ccccc3F)c(C(=O)O)c2)C1. The quantitative estimate of drug-likeness (QED) is 0.868. The van der Waals surface area contributed by atoms with Crippen molar-refractivity contribution in [1.29, 1.82) is 0 Å². The molecule has 0 saturated carbocycles. The van der Waals surface area contributed by atoms with Crippen LogP contribution in [-0.2, 0) is 0 Å². The van der Waals surface area contributed by atoms with Gasteiger partial charge in [0.2, 0.25) is 0 Å². The minimum absolute atomic E-state index is 0.00887. The zero-order valence-corrected chi connectivity index (χ0v) is 14.5. The van der Waals surface area contributed by atoms with E-state index in [1.54, 1.807) is 24.3 Å². The van der Waals surface area contributed by atoms with Gasteiger partial charge in [0.1, 0.15) is 5.82 Å². The molecule has 0 spiro atoms. The monoisotopic (exact) mass is 356 g/mol. The molecule has 0 radical (unpaired) electrons. The van der Waals surface area contributed by atoms with Crippen LogP contribution >= 0.6 is 0 Å². The number of carbonyl (C=O) groups excluding carboxylic acids is 1. The van der Waals surface area contributed by atoms with Gasteiger partial charge in [0.15, 0.2) is 0 Å². The highest BCUT2D eigenvalue weighted by molar-refractivity contribution is 6.08. The highest BCUT2D eigenvalue weighted by Gasteiger charge is 2.20. The Kier molecular flexibility index (Phi) is 5.21. The van der Waals surface area contributed by atoms with E-state index in [1.807, 2.05) is 0 Å². The standard InChI is InChI=1S/C20H21FN2O3/c1-13-5-4-10-23(12-13)14-8-9-18(16(11-14)20(25)26)22-19(24)15-6-2-3-7-17(15)21/h2-3,6-9,11,13H,4-5,10,12H2,1H3,(H,22,24)(H,25,26)/t13-/m1/s1. The zero-order valence-electron chi connectivity index (χ0n) is 14.5. The Balaban J connectivity index is 1.86. The number of hydrogen-bond acceptors (Lipinski definition) is 3. The fraction of sp³-hybridized carbons (Fsp3) is 0.300. The molecule has 1 aliphatic rings. The first-order valence-corrected chi connectivity index (χ1v) is 8.64. The summed E-state index contributed by atoms with van der Waals surface area (Å²) in [4.78, 5) is 26.1. The molecule has 1 atom stereocenters. The number of amides is 1. The van der Waals surface area contributed by atoms with Gasteiger partial charge in [-0.15, -0.1) is 0 Å². The maximum absolute atomic E-state index is 13.8. The minimum atomic E-state index is -1.14. The first-order valence-electron chi connectivity index (χ1n) is 8.64. The number of halogens is 1. The van der Waals surface area contributed by atoms with Crippen LogP contribution in [0.5, 0.6) is 0 Å². The summed E-state index contributed by atoms with van der Waals surface area (Å²) in [5, 5.41) is 12.0. The lowest BCUT2D eigenvalue weighted by molar-refractivity contribution is 0.0698. The maximum Gasteiger partial charge on any atom is 0.337 e. The summed E-state index contributed by atoms with van der Waals surface area (Å²) in [5.74, 6) is -1.91. The lowest BCUT2D eigenvalue weighted by atomic mass is 9.99. The Bertz CT molecular complexity index is 838. The Morgan fingerprint density at radius 1 is 1.19 bits per heavy atom. The number of piperidine rings is 1. The van der Waals surface area contributed by atoms with E-state index in [4.69, 9.17) is 0 Å². The van der Waals surface area contributed by atoms with Crippen LogP contribution in [0.25, 0.3) is 0 Å². The van der Waals surface area contributed by atoms with Crippen LogP contribution in [0.4, 0.5) is 15.8 Å². The molecule has 5 nitrogen and oxygen atoms in total. The number of nitrogens with zero attached hydrogens (tertiary/aromatic N) is 1. The van der Waals surface area contributed by atoms with E-state index in [-0.39, 0.29) is 16.8 Å². The van der Waals surface area contributed by atoms with Gasteiger partial charge in [-0.05, 0) is 49.1 Å². The van der Waals surface area contributed by atoms with E-state index in [0.29, 0.717) is 5.92 Å². The molecule has 2 aromatic carbocycles. The molecular weight excluding hydrogens is 335 g/mol. The van der Waals surface area contributed by atoms with Crippen molar-refractivity contribution >= 4 is 23.3 Å². The molecule has 136 valence electrons. The molecule has 1 heterocycles. The number of carboxylic acid groups (broad SMARTS) is 1. The van der Waals surface area contributed by atoms with Gasteiger partial charge in [0.05, 0.1) is 16.8 Å². The van der Waals surface area contributed by atoms with Gasteiger partial charge in [0, 0.05) is 18.8 Å². The molecule has 1 fully saturated rings. The smallest absolute Gasteiger partial charge is 0.337 e.